The average molecular weight is 328 g/mol. The largest absolute Gasteiger partial charge is 0.356 e. The highest BCUT2D eigenvalue weighted by Gasteiger charge is 2.57. The first-order chi connectivity index (χ1) is 9.03. The molecule has 4 bridgehead atoms. The van der Waals surface area contributed by atoms with E-state index >= 15 is 0 Å². The summed E-state index contributed by atoms with van der Waals surface area (Å²) in [6.45, 7) is 3.03. The van der Waals surface area contributed by atoms with Gasteiger partial charge in [0.05, 0.1) is 0 Å². The monoisotopic (exact) mass is 327 g/mol. The van der Waals surface area contributed by atoms with E-state index in [1.807, 2.05) is 0 Å². The van der Waals surface area contributed by atoms with Gasteiger partial charge in [-0.1, -0.05) is 29.3 Å². The number of rotatable bonds is 5. The van der Waals surface area contributed by atoms with Gasteiger partial charge in [-0.25, -0.2) is 0 Å². The first kappa shape index (κ1) is 13.9. The zero-order valence-corrected chi connectivity index (χ0v) is 13.6. The van der Waals surface area contributed by atoms with Crippen molar-refractivity contribution in [2.24, 2.45) is 17.3 Å². The lowest BCUT2D eigenvalue weighted by Gasteiger charge is -2.60. The van der Waals surface area contributed by atoms with Crippen LogP contribution in [-0.2, 0) is 4.79 Å². The fraction of sp³-hybridized carbons (Fsp3) is 0.938. The molecule has 108 valence electrons. The van der Waals surface area contributed by atoms with Gasteiger partial charge in [-0.15, -0.1) is 0 Å². The van der Waals surface area contributed by atoms with Crippen molar-refractivity contribution >= 4 is 21.8 Å². The maximum absolute atomic E-state index is 12.2. The molecule has 3 heteroatoms. The average Bonchev–Trinajstić information content (AvgIpc) is 2.24. The predicted molar refractivity (Wildman–Crippen MR) is 81.3 cm³/mol. The van der Waals surface area contributed by atoms with Crippen LogP contribution in [0.2, 0.25) is 0 Å². The lowest BCUT2D eigenvalue weighted by molar-refractivity contribution is -0.128. The maximum Gasteiger partial charge on any atom is 0.220 e. The second-order valence-electron chi connectivity index (χ2n) is 7.49. The molecule has 2 atom stereocenters. The SMILES string of the molecule is CCCCNC(=O)CC12CC3CC(CC(Br)(C3)C1)C2. The Morgan fingerprint density at radius 3 is 2.53 bits per heavy atom. The molecule has 0 spiro atoms. The molecule has 4 rings (SSSR count). The summed E-state index contributed by atoms with van der Waals surface area (Å²) in [6.07, 6.45) is 11.0. The highest BCUT2D eigenvalue weighted by atomic mass is 79.9. The summed E-state index contributed by atoms with van der Waals surface area (Å²) < 4.78 is 0.376. The van der Waals surface area contributed by atoms with Crippen molar-refractivity contribution in [2.45, 2.75) is 69.0 Å². The molecule has 2 unspecified atom stereocenters. The van der Waals surface area contributed by atoms with Crippen LogP contribution in [-0.4, -0.2) is 16.8 Å². The van der Waals surface area contributed by atoms with Crippen LogP contribution >= 0.6 is 15.9 Å². The zero-order valence-electron chi connectivity index (χ0n) is 12.0. The van der Waals surface area contributed by atoms with Gasteiger partial charge in [0.2, 0.25) is 5.91 Å². The van der Waals surface area contributed by atoms with E-state index in [0.29, 0.717) is 15.6 Å². The normalized spacial score (nSPS) is 43.5. The summed E-state index contributed by atoms with van der Waals surface area (Å²) in [7, 11) is 0. The van der Waals surface area contributed by atoms with Crippen LogP contribution in [0.5, 0.6) is 0 Å². The molecule has 4 saturated carbocycles. The summed E-state index contributed by atoms with van der Waals surface area (Å²) in [6, 6.07) is 0. The zero-order chi connectivity index (χ0) is 13.5. The fourth-order valence-corrected chi connectivity index (χ4v) is 6.86. The van der Waals surface area contributed by atoms with Crippen molar-refractivity contribution in [2.75, 3.05) is 6.54 Å². The molecule has 0 aromatic heterocycles. The molecule has 1 N–H and O–H groups in total. The molecular formula is C16H26BrNO. The Balaban J connectivity index is 1.62. The molecule has 0 radical (unpaired) electrons. The van der Waals surface area contributed by atoms with Gasteiger partial charge in [0.25, 0.3) is 0 Å². The van der Waals surface area contributed by atoms with Crippen molar-refractivity contribution in [3.05, 3.63) is 0 Å². The standard InChI is InChI=1S/C16H26BrNO/c1-2-3-4-18-14(19)10-15-6-12-5-13(7-15)9-16(17,8-12)11-15/h12-13H,2-11H2,1H3,(H,18,19). The minimum atomic E-state index is 0.298. The van der Waals surface area contributed by atoms with E-state index in [4.69, 9.17) is 0 Å². The van der Waals surface area contributed by atoms with E-state index in [0.717, 1.165) is 37.6 Å². The molecule has 0 heterocycles. The van der Waals surface area contributed by atoms with Crippen LogP contribution in [0, 0.1) is 17.3 Å². The number of nitrogens with one attached hydrogen (secondary N) is 1. The molecule has 1 amide bonds. The number of amides is 1. The number of unbranched alkanes of at least 4 members (excludes halogenated alkanes) is 1. The van der Waals surface area contributed by atoms with E-state index in [2.05, 4.69) is 28.2 Å². The third kappa shape index (κ3) is 2.86. The number of halogens is 1. The van der Waals surface area contributed by atoms with Crippen LogP contribution < -0.4 is 5.32 Å². The van der Waals surface area contributed by atoms with Crippen molar-refractivity contribution in [3.63, 3.8) is 0 Å². The van der Waals surface area contributed by atoms with Crippen LogP contribution in [0.15, 0.2) is 0 Å². The molecular weight excluding hydrogens is 302 g/mol. The number of carbonyl (C=O) groups is 1. The van der Waals surface area contributed by atoms with Crippen molar-refractivity contribution in [1.82, 2.24) is 5.32 Å². The highest BCUT2D eigenvalue weighted by molar-refractivity contribution is 9.10. The van der Waals surface area contributed by atoms with Gasteiger partial charge >= 0.3 is 0 Å². The number of hydrogen-bond donors (Lipinski definition) is 1. The van der Waals surface area contributed by atoms with Crippen LogP contribution in [0.3, 0.4) is 0 Å². The molecule has 4 aliphatic rings. The van der Waals surface area contributed by atoms with Gasteiger partial charge in [0.15, 0.2) is 0 Å². The molecule has 0 saturated heterocycles. The highest BCUT2D eigenvalue weighted by Crippen LogP contribution is 2.65. The lowest BCUT2D eigenvalue weighted by Crippen LogP contribution is -2.54. The quantitative estimate of drug-likeness (QED) is 0.599. The predicted octanol–water partition coefficient (Wildman–Crippen LogP) is 4.03. The molecule has 2 nitrogen and oxygen atoms in total. The van der Waals surface area contributed by atoms with Gasteiger partial charge in [-0.2, -0.15) is 0 Å². The Morgan fingerprint density at radius 2 is 1.95 bits per heavy atom. The summed E-state index contributed by atoms with van der Waals surface area (Å²) in [5, 5.41) is 3.12. The molecule has 0 aromatic rings. The minimum absolute atomic E-state index is 0.298. The van der Waals surface area contributed by atoms with Crippen LogP contribution in [0.4, 0.5) is 0 Å². The first-order valence-electron chi connectivity index (χ1n) is 7.98. The number of hydrogen-bond acceptors (Lipinski definition) is 1. The van der Waals surface area contributed by atoms with E-state index in [1.54, 1.807) is 0 Å². The topological polar surface area (TPSA) is 29.1 Å². The smallest absolute Gasteiger partial charge is 0.220 e. The third-order valence-electron chi connectivity index (χ3n) is 5.50. The lowest BCUT2D eigenvalue weighted by atomic mass is 9.48. The third-order valence-corrected chi connectivity index (χ3v) is 6.43. The van der Waals surface area contributed by atoms with E-state index in [1.165, 1.54) is 38.5 Å². The van der Waals surface area contributed by atoms with Gasteiger partial charge in [-0.05, 0) is 62.2 Å². The van der Waals surface area contributed by atoms with Crippen LogP contribution in [0.1, 0.15) is 64.7 Å². The number of alkyl halides is 1. The summed E-state index contributed by atoms with van der Waals surface area (Å²) in [5.41, 5.74) is 0.323. The molecule has 0 aromatic carbocycles. The fourth-order valence-electron chi connectivity index (χ4n) is 5.35. The Labute approximate surface area is 125 Å². The van der Waals surface area contributed by atoms with E-state index in [9.17, 15) is 4.79 Å². The molecule has 19 heavy (non-hydrogen) atoms. The van der Waals surface area contributed by atoms with Gasteiger partial charge < -0.3 is 5.32 Å². The second-order valence-corrected chi connectivity index (χ2v) is 9.17. The summed E-state index contributed by atoms with van der Waals surface area (Å²) in [4.78, 5) is 12.2. The summed E-state index contributed by atoms with van der Waals surface area (Å²) in [5.74, 6) is 2.06. The Bertz CT molecular complexity index is 354. The maximum atomic E-state index is 12.2. The minimum Gasteiger partial charge on any atom is -0.356 e. The van der Waals surface area contributed by atoms with Gasteiger partial charge in [0.1, 0.15) is 0 Å². The summed E-state index contributed by atoms with van der Waals surface area (Å²) >= 11 is 4.01. The second kappa shape index (κ2) is 5.05. The number of carbonyl (C=O) groups excluding carboxylic acids is 1. The molecule has 4 aliphatic carbocycles. The van der Waals surface area contributed by atoms with Crippen LogP contribution in [0.25, 0.3) is 0 Å². The van der Waals surface area contributed by atoms with E-state index < -0.39 is 0 Å². The van der Waals surface area contributed by atoms with E-state index in [-0.39, 0.29) is 0 Å². The van der Waals surface area contributed by atoms with Crippen molar-refractivity contribution in [1.29, 1.82) is 0 Å². The van der Waals surface area contributed by atoms with Crippen molar-refractivity contribution in [3.8, 4) is 0 Å². The Kier molecular flexibility index (Phi) is 3.70. The Hall–Kier alpha value is -0.0500. The Morgan fingerprint density at radius 1 is 1.26 bits per heavy atom. The van der Waals surface area contributed by atoms with Gasteiger partial charge in [-0.3, -0.25) is 4.79 Å². The first-order valence-corrected chi connectivity index (χ1v) is 8.77. The van der Waals surface area contributed by atoms with Crippen molar-refractivity contribution < 1.29 is 4.79 Å². The molecule has 4 fully saturated rings. The molecule has 0 aliphatic heterocycles. The van der Waals surface area contributed by atoms with Gasteiger partial charge in [0, 0.05) is 17.3 Å².